The van der Waals surface area contributed by atoms with Crippen LogP contribution in [0.15, 0.2) is 25.2 Å². The smallest absolute Gasteiger partial charge is 0.261 e. The number of rotatable bonds is 3. The van der Waals surface area contributed by atoms with E-state index in [9.17, 15) is 4.79 Å². The second-order valence-electron chi connectivity index (χ2n) is 2.89. The molecule has 3 nitrogen and oxygen atoms in total. The molecule has 16 heavy (non-hydrogen) atoms. The molecule has 7 heteroatoms. The summed E-state index contributed by atoms with van der Waals surface area (Å²) >= 11 is 9.62. The Balaban J connectivity index is 1.98. The summed E-state index contributed by atoms with van der Waals surface area (Å²) in [5.74, 6) is -0.0793. The molecule has 0 aliphatic rings. The van der Waals surface area contributed by atoms with E-state index in [1.807, 2.05) is 5.38 Å². The molecule has 2 heterocycles. The van der Waals surface area contributed by atoms with Crippen LogP contribution < -0.4 is 5.32 Å². The molecule has 0 aliphatic heterocycles. The summed E-state index contributed by atoms with van der Waals surface area (Å²) in [6.07, 6.45) is 0. The first-order valence-electron chi connectivity index (χ1n) is 4.27. The molecule has 0 saturated heterocycles. The summed E-state index contributed by atoms with van der Waals surface area (Å²) in [7, 11) is 0. The molecule has 0 aromatic carbocycles. The zero-order valence-electron chi connectivity index (χ0n) is 7.87. The first-order chi connectivity index (χ1) is 7.66. The number of amides is 1. The predicted octanol–water partition coefficient (Wildman–Crippen LogP) is 3.66. The lowest BCUT2D eigenvalue weighted by Crippen LogP contribution is -2.21. The zero-order chi connectivity index (χ0) is 11.5. The van der Waals surface area contributed by atoms with Gasteiger partial charge in [-0.15, -0.1) is 22.7 Å². The number of hydrogen-bond donors (Lipinski definition) is 1. The summed E-state index contributed by atoms with van der Waals surface area (Å²) in [6, 6.07) is 1.80. The van der Waals surface area contributed by atoms with Crippen molar-refractivity contribution in [3.63, 3.8) is 0 Å². The van der Waals surface area contributed by atoms with E-state index in [1.165, 1.54) is 22.7 Å². The number of aromatic nitrogens is 1. The minimum atomic E-state index is -0.0793. The van der Waals surface area contributed by atoms with E-state index in [0.29, 0.717) is 11.4 Å². The fourth-order valence-corrected chi connectivity index (χ4v) is 3.55. The molecule has 84 valence electrons. The van der Waals surface area contributed by atoms with Gasteiger partial charge in [0.1, 0.15) is 0 Å². The van der Waals surface area contributed by atoms with Gasteiger partial charge in [-0.2, -0.15) is 0 Å². The highest BCUT2D eigenvalue weighted by Gasteiger charge is 2.11. The van der Waals surface area contributed by atoms with E-state index in [1.54, 1.807) is 11.6 Å². The fourth-order valence-electron chi connectivity index (χ4n) is 1.04. The Hall–Kier alpha value is -0.240. The molecule has 2 aromatic heterocycles. The van der Waals surface area contributed by atoms with Crippen LogP contribution in [0.25, 0.3) is 0 Å². The maximum Gasteiger partial charge on any atom is 0.261 e. The van der Waals surface area contributed by atoms with Crippen molar-refractivity contribution in [3.8, 4) is 0 Å². The average molecular weight is 382 g/mol. The van der Waals surface area contributed by atoms with Crippen LogP contribution in [0.3, 0.4) is 0 Å². The summed E-state index contributed by atoms with van der Waals surface area (Å²) < 4.78 is 1.82. The highest BCUT2D eigenvalue weighted by molar-refractivity contribution is 9.13. The second-order valence-corrected chi connectivity index (χ2v) is 6.84. The Kier molecular flexibility index (Phi) is 4.12. The van der Waals surface area contributed by atoms with Crippen molar-refractivity contribution in [2.45, 2.75) is 6.54 Å². The SMILES string of the molecule is O=C(NCc1cscn1)c1cc(Br)c(Br)s1. The van der Waals surface area contributed by atoms with Crippen molar-refractivity contribution in [1.29, 1.82) is 0 Å². The van der Waals surface area contributed by atoms with E-state index >= 15 is 0 Å². The average Bonchev–Trinajstić information content (AvgIpc) is 2.86. The lowest BCUT2D eigenvalue weighted by atomic mass is 10.4. The summed E-state index contributed by atoms with van der Waals surface area (Å²) in [4.78, 5) is 16.5. The minimum Gasteiger partial charge on any atom is -0.346 e. The van der Waals surface area contributed by atoms with Gasteiger partial charge in [-0.25, -0.2) is 4.98 Å². The number of thiazole rings is 1. The first-order valence-corrected chi connectivity index (χ1v) is 7.61. The van der Waals surface area contributed by atoms with Gasteiger partial charge in [0.25, 0.3) is 5.91 Å². The van der Waals surface area contributed by atoms with Gasteiger partial charge >= 0.3 is 0 Å². The van der Waals surface area contributed by atoms with Crippen LogP contribution in [0.1, 0.15) is 15.4 Å². The normalized spacial score (nSPS) is 10.4. The topological polar surface area (TPSA) is 42.0 Å². The maximum atomic E-state index is 11.7. The highest BCUT2D eigenvalue weighted by Crippen LogP contribution is 2.32. The van der Waals surface area contributed by atoms with Gasteiger partial charge < -0.3 is 5.32 Å². The lowest BCUT2D eigenvalue weighted by Gasteiger charge is -1.99. The molecule has 1 N–H and O–H groups in total. The monoisotopic (exact) mass is 380 g/mol. The third-order valence-electron chi connectivity index (χ3n) is 1.78. The molecule has 2 rings (SSSR count). The van der Waals surface area contributed by atoms with Crippen LogP contribution in [0.4, 0.5) is 0 Å². The van der Waals surface area contributed by atoms with E-state index in [0.717, 1.165) is 14.0 Å². The number of hydrogen-bond acceptors (Lipinski definition) is 4. The molecule has 1 amide bonds. The standard InChI is InChI=1S/C9H6Br2N2OS2/c10-6-1-7(16-8(6)11)9(14)12-2-5-3-15-4-13-5/h1,3-4H,2H2,(H,12,14). The largest absolute Gasteiger partial charge is 0.346 e. The van der Waals surface area contributed by atoms with Crippen molar-refractivity contribution >= 4 is 60.4 Å². The lowest BCUT2D eigenvalue weighted by molar-refractivity contribution is 0.0954. The maximum absolute atomic E-state index is 11.7. The van der Waals surface area contributed by atoms with Crippen LogP contribution in [0.2, 0.25) is 0 Å². The van der Waals surface area contributed by atoms with Crippen LogP contribution in [0.5, 0.6) is 0 Å². The Morgan fingerprint density at radius 3 is 2.88 bits per heavy atom. The number of nitrogens with one attached hydrogen (secondary N) is 1. The van der Waals surface area contributed by atoms with Gasteiger partial charge in [-0.3, -0.25) is 4.79 Å². The second kappa shape index (κ2) is 5.39. The quantitative estimate of drug-likeness (QED) is 0.881. The van der Waals surface area contributed by atoms with E-state index in [4.69, 9.17) is 0 Å². The number of carbonyl (C=O) groups excluding carboxylic acids is 1. The predicted molar refractivity (Wildman–Crippen MR) is 73.0 cm³/mol. The Bertz CT molecular complexity index is 476. The van der Waals surface area contributed by atoms with Crippen LogP contribution in [0, 0.1) is 0 Å². The van der Waals surface area contributed by atoms with Gasteiger partial charge in [-0.05, 0) is 37.9 Å². The molecular formula is C9H6Br2N2OS2. The molecule has 0 atom stereocenters. The van der Waals surface area contributed by atoms with E-state index < -0.39 is 0 Å². The number of nitrogens with zero attached hydrogens (tertiary/aromatic N) is 1. The van der Waals surface area contributed by atoms with Gasteiger partial charge in [0.15, 0.2) is 0 Å². The van der Waals surface area contributed by atoms with Crippen LogP contribution in [-0.4, -0.2) is 10.9 Å². The van der Waals surface area contributed by atoms with E-state index in [-0.39, 0.29) is 5.91 Å². The van der Waals surface area contributed by atoms with E-state index in [2.05, 4.69) is 42.2 Å². The molecule has 2 aromatic rings. The molecule has 0 unspecified atom stereocenters. The highest BCUT2D eigenvalue weighted by atomic mass is 79.9. The molecule has 0 saturated carbocycles. The first kappa shape index (κ1) is 12.2. The fraction of sp³-hybridized carbons (Fsp3) is 0.111. The van der Waals surface area contributed by atoms with Gasteiger partial charge in [0, 0.05) is 9.85 Å². The molecule has 0 aliphatic carbocycles. The molecule has 0 spiro atoms. The van der Waals surface area contributed by atoms with Crippen LogP contribution >= 0.6 is 54.5 Å². The van der Waals surface area contributed by atoms with Crippen molar-refractivity contribution in [2.24, 2.45) is 0 Å². The molecule has 0 fully saturated rings. The third kappa shape index (κ3) is 2.91. The van der Waals surface area contributed by atoms with Crippen molar-refractivity contribution < 1.29 is 4.79 Å². The summed E-state index contributed by atoms with van der Waals surface area (Å²) in [5, 5.41) is 4.73. The Labute approximate surface area is 117 Å². The minimum absolute atomic E-state index is 0.0793. The number of thiophene rings is 1. The number of carbonyl (C=O) groups is 1. The van der Waals surface area contributed by atoms with Gasteiger partial charge in [-0.1, -0.05) is 0 Å². The Morgan fingerprint density at radius 2 is 2.31 bits per heavy atom. The third-order valence-corrected chi connectivity index (χ3v) is 5.67. The van der Waals surface area contributed by atoms with Crippen molar-refractivity contribution in [2.75, 3.05) is 0 Å². The molecular weight excluding hydrogens is 376 g/mol. The van der Waals surface area contributed by atoms with Crippen molar-refractivity contribution in [1.82, 2.24) is 10.3 Å². The van der Waals surface area contributed by atoms with Gasteiger partial charge in [0.05, 0.1) is 26.4 Å². The summed E-state index contributed by atoms with van der Waals surface area (Å²) in [6.45, 7) is 0.468. The van der Waals surface area contributed by atoms with Crippen LogP contribution in [-0.2, 0) is 6.54 Å². The number of halogens is 2. The zero-order valence-corrected chi connectivity index (χ0v) is 12.7. The Morgan fingerprint density at radius 1 is 1.50 bits per heavy atom. The molecule has 0 radical (unpaired) electrons. The van der Waals surface area contributed by atoms with Crippen molar-refractivity contribution in [3.05, 3.63) is 35.8 Å². The van der Waals surface area contributed by atoms with Gasteiger partial charge in [0.2, 0.25) is 0 Å². The molecule has 0 bridgehead atoms. The summed E-state index contributed by atoms with van der Waals surface area (Å²) in [5.41, 5.74) is 2.63.